The van der Waals surface area contributed by atoms with Gasteiger partial charge in [0.15, 0.2) is 0 Å². The molecular formula is C16H31N3S. The summed E-state index contributed by atoms with van der Waals surface area (Å²) >= 11 is 1.73. The van der Waals surface area contributed by atoms with Crippen LogP contribution >= 0.6 is 11.3 Å². The van der Waals surface area contributed by atoms with E-state index >= 15 is 0 Å². The van der Waals surface area contributed by atoms with E-state index < -0.39 is 0 Å². The van der Waals surface area contributed by atoms with Gasteiger partial charge in [-0.25, -0.2) is 4.98 Å². The fourth-order valence-corrected chi connectivity index (χ4v) is 3.20. The maximum atomic E-state index is 5.72. The number of nitrogens with zero attached hydrogens (tertiary/aromatic N) is 1. The van der Waals surface area contributed by atoms with Gasteiger partial charge in [-0.15, -0.1) is 11.3 Å². The summed E-state index contributed by atoms with van der Waals surface area (Å²) in [7, 11) is 0. The Morgan fingerprint density at radius 1 is 1.30 bits per heavy atom. The fourth-order valence-electron chi connectivity index (χ4n) is 2.55. The Labute approximate surface area is 128 Å². The van der Waals surface area contributed by atoms with Crippen LogP contribution in [0.5, 0.6) is 0 Å². The summed E-state index contributed by atoms with van der Waals surface area (Å²) in [6.45, 7) is 12.0. The van der Waals surface area contributed by atoms with Gasteiger partial charge in [0.05, 0.1) is 10.7 Å². The molecule has 0 aliphatic heterocycles. The van der Waals surface area contributed by atoms with E-state index in [1.807, 2.05) is 0 Å². The third-order valence-electron chi connectivity index (χ3n) is 3.87. The van der Waals surface area contributed by atoms with Crippen molar-refractivity contribution < 1.29 is 0 Å². The number of hydrogen-bond acceptors (Lipinski definition) is 4. The Kier molecular flexibility index (Phi) is 7.70. The number of hydrogen-bond donors (Lipinski definition) is 2. The molecule has 1 rings (SSSR count). The second kappa shape index (κ2) is 8.75. The van der Waals surface area contributed by atoms with Crippen molar-refractivity contribution >= 4 is 11.3 Å². The normalized spacial score (nSPS) is 13.7. The van der Waals surface area contributed by atoms with Gasteiger partial charge in [-0.3, -0.25) is 0 Å². The van der Waals surface area contributed by atoms with Crippen molar-refractivity contribution in [1.82, 2.24) is 10.3 Å². The highest BCUT2D eigenvalue weighted by Crippen LogP contribution is 2.31. The van der Waals surface area contributed by atoms with Gasteiger partial charge in [0.25, 0.3) is 0 Å². The molecule has 0 bridgehead atoms. The minimum atomic E-state index is 0.373. The van der Waals surface area contributed by atoms with Crippen LogP contribution in [0.1, 0.15) is 50.7 Å². The van der Waals surface area contributed by atoms with Crippen LogP contribution in [0, 0.1) is 18.3 Å². The predicted octanol–water partition coefficient (Wildman–Crippen LogP) is 3.37. The number of aryl methyl sites for hydroxylation is 1. The molecule has 4 heteroatoms. The van der Waals surface area contributed by atoms with E-state index in [1.165, 1.54) is 18.5 Å². The molecule has 0 saturated carbocycles. The quantitative estimate of drug-likeness (QED) is 0.687. The van der Waals surface area contributed by atoms with Crippen molar-refractivity contribution in [2.75, 3.05) is 19.6 Å². The molecule has 20 heavy (non-hydrogen) atoms. The van der Waals surface area contributed by atoms with Gasteiger partial charge in [0.2, 0.25) is 0 Å². The van der Waals surface area contributed by atoms with E-state index in [2.05, 4.69) is 43.4 Å². The molecule has 1 atom stereocenters. The Morgan fingerprint density at radius 3 is 2.60 bits per heavy atom. The van der Waals surface area contributed by atoms with E-state index in [0.717, 1.165) is 43.4 Å². The summed E-state index contributed by atoms with van der Waals surface area (Å²) in [5, 5.41) is 6.85. The number of aromatic nitrogens is 1. The molecule has 0 saturated heterocycles. The molecule has 0 aromatic carbocycles. The molecule has 1 aromatic heterocycles. The van der Waals surface area contributed by atoms with E-state index in [-0.39, 0.29) is 0 Å². The molecule has 1 aromatic rings. The van der Waals surface area contributed by atoms with Crippen LogP contribution in [0.4, 0.5) is 0 Å². The van der Waals surface area contributed by atoms with Crippen molar-refractivity contribution in [3.8, 4) is 0 Å². The topological polar surface area (TPSA) is 50.9 Å². The molecular weight excluding hydrogens is 266 g/mol. The summed E-state index contributed by atoms with van der Waals surface area (Å²) < 4.78 is 0. The number of rotatable bonds is 9. The molecule has 1 heterocycles. The smallest absolute Gasteiger partial charge is 0.0897 e. The van der Waals surface area contributed by atoms with Crippen LogP contribution in [-0.4, -0.2) is 24.6 Å². The molecule has 0 aliphatic rings. The molecule has 0 spiro atoms. The van der Waals surface area contributed by atoms with Crippen molar-refractivity contribution in [1.29, 1.82) is 0 Å². The van der Waals surface area contributed by atoms with Crippen molar-refractivity contribution in [3.05, 3.63) is 16.1 Å². The zero-order valence-electron chi connectivity index (χ0n) is 13.5. The average molecular weight is 298 g/mol. The average Bonchev–Trinajstić information content (AvgIpc) is 2.76. The van der Waals surface area contributed by atoms with Crippen molar-refractivity contribution in [2.24, 2.45) is 17.1 Å². The van der Waals surface area contributed by atoms with E-state index in [1.54, 1.807) is 11.3 Å². The standard InChI is InChI=1S/C16H31N3S/c1-13-19-15(12-20-13)8-11-18-10-5-6-14(7-9-17)16(2,3)4/h12,14,18H,5-11,17H2,1-4H3. The van der Waals surface area contributed by atoms with Gasteiger partial charge in [-0.05, 0) is 50.6 Å². The maximum absolute atomic E-state index is 5.72. The van der Waals surface area contributed by atoms with E-state index in [9.17, 15) is 0 Å². The summed E-state index contributed by atoms with van der Waals surface area (Å²) in [4.78, 5) is 4.48. The largest absolute Gasteiger partial charge is 0.330 e. The lowest BCUT2D eigenvalue weighted by Crippen LogP contribution is -2.25. The first-order valence-corrected chi connectivity index (χ1v) is 8.63. The summed E-state index contributed by atoms with van der Waals surface area (Å²) in [5.41, 5.74) is 7.31. The first kappa shape index (κ1) is 17.6. The van der Waals surface area contributed by atoms with Crippen LogP contribution in [-0.2, 0) is 6.42 Å². The number of nitrogens with one attached hydrogen (secondary N) is 1. The van der Waals surface area contributed by atoms with Crippen LogP contribution in [0.25, 0.3) is 0 Å². The SMILES string of the molecule is Cc1nc(CCNCCCC(CCN)C(C)(C)C)cs1. The second-order valence-corrected chi connectivity index (χ2v) is 7.70. The Morgan fingerprint density at radius 2 is 2.05 bits per heavy atom. The monoisotopic (exact) mass is 297 g/mol. The highest BCUT2D eigenvalue weighted by molar-refractivity contribution is 7.09. The fraction of sp³-hybridized carbons (Fsp3) is 0.812. The number of nitrogens with two attached hydrogens (primary N) is 1. The minimum absolute atomic E-state index is 0.373. The second-order valence-electron chi connectivity index (χ2n) is 6.64. The third-order valence-corrected chi connectivity index (χ3v) is 4.69. The molecule has 0 fully saturated rings. The van der Waals surface area contributed by atoms with Gasteiger partial charge in [-0.1, -0.05) is 20.8 Å². The number of thiazole rings is 1. The zero-order valence-corrected chi connectivity index (χ0v) is 14.4. The Bertz CT molecular complexity index is 368. The molecule has 1 unspecified atom stereocenters. The van der Waals surface area contributed by atoms with Crippen LogP contribution in [0.2, 0.25) is 0 Å². The van der Waals surface area contributed by atoms with Gasteiger partial charge in [0.1, 0.15) is 0 Å². The van der Waals surface area contributed by atoms with Crippen molar-refractivity contribution in [3.63, 3.8) is 0 Å². The lowest BCUT2D eigenvalue weighted by atomic mass is 9.76. The lowest BCUT2D eigenvalue weighted by molar-refractivity contribution is 0.210. The lowest BCUT2D eigenvalue weighted by Gasteiger charge is -2.30. The van der Waals surface area contributed by atoms with Gasteiger partial charge in [-0.2, -0.15) is 0 Å². The summed E-state index contributed by atoms with van der Waals surface area (Å²) in [6.07, 6.45) is 4.68. The minimum Gasteiger partial charge on any atom is -0.330 e. The maximum Gasteiger partial charge on any atom is 0.0897 e. The molecule has 0 aliphatic carbocycles. The van der Waals surface area contributed by atoms with E-state index in [0.29, 0.717) is 5.41 Å². The van der Waals surface area contributed by atoms with Crippen LogP contribution in [0.3, 0.4) is 0 Å². The van der Waals surface area contributed by atoms with Gasteiger partial charge >= 0.3 is 0 Å². The molecule has 3 N–H and O–H groups in total. The predicted molar refractivity (Wildman–Crippen MR) is 89.3 cm³/mol. The summed E-state index contributed by atoms with van der Waals surface area (Å²) in [6, 6.07) is 0. The van der Waals surface area contributed by atoms with E-state index in [4.69, 9.17) is 5.73 Å². The van der Waals surface area contributed by atoms with Gasteiger partial charge in [0, 0.05) is 18.3 Å². The van der Waals surface area contributed by atoms with Crippen LogP contribution in [0.15, 0.2) is 5.38 Å². The first-order chi connectivity index (χ1) is 9.43. The Hall–Kier alpha value is -0.450. The highest BCUT2D eigenvalue weighted by atomic mass is 32.1. The van der Waals surface area contributed by atoms with Gasteiger partial charge < -0.3 is 11.1 Å². The highest BCUT2D eigenvalue weighted by Gasteiger charge is 2.22. The third kappa shape index (κ3) is 6.82. The van der Waals surface area contributed by atoms with Crippen LogP contribution < -0.4 is 11.1 Å². The molecule has 0 radical (unpaired) electrons. The molecule has 116 valence electrons. The Balaban J connectivity index is 2.11. The first-order valence-electron chi connectivity index (χ1n) is 7.75. The molecule has 0 amide bonds. The summed E-state index contributed by atoms with van der Waals surface area (Å²) in [5.74, 6) is 0.732. The molecule has 3 nitrogen and oxygen atoms in total. The van der Waals surface area contributed by atoms with Crippen molar-refractivity contribution in [2.45, 2.75) is 53.4 Å². The zero-order chi connectivity index (χ0) is 15.0.